The van der Waals surface area contributed by atoms with E-state index in [4.69, 9.17) is 0 Å². The van der Waals surface area contributed by atoms with Crippen LogP contribution in [0.5, 0.6) is 0 Å². The number of aromatic nitrogens is 4. The second kappa shape index (κ2) is 8.01. The zero-order chi connectivity index (χ0) is 26.2. The molecule has 9 rings (SSSR count). The Morgan fingerprint density at radius 2 is 0.875 bits per heavy atom. The third-order valence-corrected chi connectivity index (χ3v) is 8.17. The highest BCUT2D eigenvalue weighted by Gasteiger charge is 2.20. The van der Waals surface area contributed by atoms with Gasteiger partial charge in [0, 0.05) is 56.1 Å². The van der Waals surface area contributed by atoms with Gasteiger partial charge < -0.3 is 9.13 Å². The second-order valence-corrected chi connectivity index (χ2v) is 10.3. The Morgan fingerprint density at radius 3 is 1.38 bits per heavy atom. The van der Waals surface area contributed by atoms with Gasteiger partial charge in [-0.25, -0.2) is 0 Å². The van der Waals surface area contributed by atoms with Crippen LogP contribution in [0.1, 0.15) is 0 Å². The Morgan fingerprint density at radius 1 is 0.400 bits per heavy atom. The second-order valence-electron chi connectivity index (χ2n) is 10.3. The van der Waals surface area contributed by atoms with E-state index in [2.05, 4.69) is 128 Å². The summed E-state index contributed by atoms with van der Waals surface area (Å²) in [4.78, 5) is 9.28. The Labute approximate surface area is 229 Å². The molecule has 0 aliphatic carbocycles. The van der Waals surface area contributed by atoms with Crippen molar-refractivity contribution in [1.29, 1.82) is 0 Å². The molecule has 0 saturated carbocycles. The van der Waals surface area contributed by atoms with Gasteiger partial charge in [0.2, 0.25) is 0 Å². The van der Waals surface area contributed by atoms with E-state index in [0.717, 1.165) is 33.2 Å². The van der Waals surface area contributed by atoms with Gasteiger partial charge in [-0.2, -0.15) is 0 Å². The first kappa shape index (κ1) is 21.5. The lowest BCUT2D eigenvalue weighted by atomic mass is 10.1. The van der Waals surface area contributed by atoms with E-state index in [9.17, 15) is 0 Å². The highest BCUT2D eigenvalue weighted by atomic mass is 15.0. The van der Waals surface area contributed by atoms with Crippen molar-refractivity contribution in [2.75, 3.05) is 0 Å². The standard InChI is InChI=1S/C36H22N4/c1-3-11-31-27(9-1)35-33(39(31)25-15-13-23-7-5-19-37-29(23)21-25)17-18-34-36(35)28-10-2-4-12-32(28)40(34)26-16-14-24-8-6-20-38-30(24)22-26/h1-22H. The summed E-state index contributed by atoms with van der Waals surface area (Å²) in [6.45, 7) is 0. The van der Waals surface area contributed by atoms with Crippen LogP contribution in [0.4, 0.5) is 0 Å². The lowest BCUT2D eigenvalue weighted by Gasteiger charge is -2.10. The minimum absolute atomic E-state index is 0.994. The normalized spacial score (nSPS) is 12.0. The van der Waals surface area contributed by atoms with Crippen molar-refractivity contribution in [3.63, 3.8) is 0 Å². The molecule has 0 aliphatic heterocycles. The van der Waals surface area contributed by atoms with Gasteiger partial charge in [-0.05, 0) is 60.7 Å². The van der Waals surface area contributed by atoms with Crippen LogP contribution >= 0.6 is 0 Å². The van der Waals surface area contributed by atoms with Gasteiger partial charge in [-0.1, -0.05) is 60.7 Å². The van der Waals surface area contributed by atoms with Crippen LogP contribution in [0.2, 0.25) is 0 Å². The Bertz CT molecular complexity index is 2270. The van der Waals surface area contributed by atoms with Crippen LogP contribution in [-0.2, 0) is 0 Å². The zero-order valence-corrected chi connectivity index (χ0v) is 21.5. The Kier molecular flexibility index (Phi) is 4.30. The van der Waals surface area contributed by atoms with E-state index in [0.29, 0.717) is 0 Å². The molecule has 0 spiro atoms. The van der Waals surface area contributed by atoms with Gasteiger partial charge in [0.25, 0.3) is 0 Å². The fraction of sp³-hybridized carbons (Fsp3) is 0. The van der Waals surface area contributed by atoms with E-state index >= 15 is 0 Å². The quantitative estimate of drug-likeness (QED) is 0.233. The maximum atomic E-state index is 4.64. The topological polar surface area (TPSA) is 35.6 Å². The van der Waals surface area contributed by atoms with Gasteiger partial charge in [0.1, 0.15) is 0 Å². The molecule has 4 nitrogen and oxygen atoms in total. The van der Waals surface area contributed by atoms with Crippen molar-refractivity contribution < 1.29 is 0 Å². The van der Waals surface area contributed by atoms with Crippen LogP contribution in [0.3, 0.4) is 0 Å². The van der Waals surface area contributed by atoms with Crippen molar-refractivity contribution in [1.82, 2.24) is 19.1 Å². The summed E-state index contributed by atoms with van der Waals surface area (Å²) >= 11 is 0. The van der Waals surface area contributed by atoms with Crippen molar-refractivity contribution in [2.24, 2.45) is 0 Å². The molecule has 9 aromatic rings. The highest BCUT2D eigenvalue weighted by molar-refractivity contribution is 6.29. The highest BCUT2D eigenvalue weighted by Crippen LogP contribution is 2.42. The molecule has 4 aromatic heterocycles. The molecule has 0 aliphatic rings. The average Bonchev–Trinajstić information content (AvgIpc) is 3.53. The third kappa shape index (κ3) is 2.90. The molecule has 0 bridgehead atoms. The third-order valence-electron chi connectivity index (χ3n) is 8.17. The number of pyridine rings is 2. The van der Waals surface area contributed by atoms with Gasteiger partial charge in [-0.15, -0.1) is 0 Å². The molecule has 0 unspecified atom stereocenters. The van der Waals surface area contributed by atoms with Crippen molar-refractivity contribution >= 4 is 65.4 Å². The first-order valence-electron chi connectivity index (χ1n) is 13.5. The molecule has 0 atom stereocenters. The molecule has 0 radical (unpaired) electrons. The summed E-state index contributed by atoms with van der Waals surface area (Å²) in [7, 11) is 0. The summed E-state index contributed by atoms with van der Waals surface area (Å²) in [5.41, 5.74) is 8.96. The van der Waals surface area contributed by atoms with Gasteiger partial charge >= 0.3 is 0 Å². The molecule has 5 aromatic carbocycles. The lowest BCUT2D eigenvalue weighted by molar-refractivity contribution is 1.17. The van der Waals surface area contributed by atoms with E-state index in [1.165, 1.54) is 43.6 Å². The maximum absolute atomic E-state index is 4.64. The fourth-order valence-corrected chi connectivity index (χ4v) is 6.46. The summed E-state index contributed by atoms with van der Waals surface area (Å²) in [5, 5.41) is 7.30. The monoisotopic (exact) mass is 510 g/mol. The summed E-state index contributed by atoms with van der Waals surface area (Å²) in [6.07, 6.45) is 3.72. The van der Waals surface area contributed by atoms with Crippen molar-refractivity contribution in [3.8, 4) is 11.4 Å². The SMILES string of the molecule is c1cnc2cc(-n3c4ccccc4c4c5c6ccccc6n(-c6ccc7cccnc7c6)c5ccc43)ccc2c1. The summed E-state index contributed by atoms with van der Waals surface area (Å²) in [5.74, 6) is 0. The van der Waals surface area contributed by atoms with E-state index < -0.39 is 0 Å². The summed E-state index contributed by atoms with van der Waals surface area (Å²) < 4.78 is 4.76. The van der Waals surface area contributed by atoms with Gasteiger partial charge in [-0.3, -0.25) is 9.97 Å². The molecular formula is C36H22N4. The molecule has 4 heteroatoms. The number of benzene rings is 5. The minimum Gasteiger partial charge on any atom is -0.309 e. The number of rotatable bonds is 2. The van der Waals surface area contributed by atoms with Crippen LogP contribution in [-0.4, -0.2) is 19.1 Å². The van der Waals surface area contributed by atoms with Crippen molar-refractivity contribution in [2.45, 2.75) is 0 Å². The van der Waals surface area contributed by atoms with Crippen LogP contribution in [0.25, 0.3) is 76.8 Å². The first-order chi connectivity index (χ1) is 19.8. The van der Waals surface area contributed by atoms with Crippen LogP contribution in [0.15, 0.2) is 134 Å². The molecule has 0 amide bonds. The molecule has 0 N–H and O–H groups in total. The number of hydrogen-bond acceptors (Lipinski definition) is 2. The van der Waals surface area contributed by atoms with Crippen molar-refractivity contribution in [3.05, 3.63) is 134 Å². The predicted molar refractivity (Wildman–Crippen MR) is 166 cm³/mol. The molecule has 40 heavy (non-hydrogen) atoms. The number of nitrogens with zero attached hydrogens (tertiary/aromatic N) is 4. The van der Waals surface area contributed by atoms with Gasteiger partial charge in [0.05, 0.1) is 33.1 Å². The fourth-order valence-electron chi connectivity index (χ4n) is 6.46. The lowest BCUT2D eigenvalue weighted by Crippen LogP contribution is -1.95. The van der Waals surface area contributed by atoms with E-state index in [-0.39, 0.29) is 0 Å². The van der Waals surface area contributed by atoms with Crippen LogP contribution < -0.4 is 0 Å². The molecule has 186 valence electrons. The zero-order valence-electron chi connectivity index (χ0n) is 21.5. The number of hydrogen-bond donors (Lipinski definition) is 0. The van der Waals surface area contributed by atoms with E-state index in [1.807, 2.05) is 24.5 Å². The maximum Gasteiger partial charge on any atom is 0.0722 e. The largest absolute Gasteiger partial charge is 0.309 e. The molecule has 0 saturated heterocycles. The number of para-hydroxylation sites is 2. The Balaban J connectivity index is 1.43. The first-order valence-corrected chi connectivity index (χ1v) is 13.5. The number of fused-ring (bicyclic) bond motifs is 9. The summed E-state index contributed by atoms with van der Waals surface area (Å²) in [6, 6.07) is 43.3. The van der Waals surface area contributed by atoms with Gasteiger partial charge in [0.15, 0.2) is 0 Å². The minimum atomic E-state index is 0.994. The molecule has 0 fully saturated rings. The smallest absolute Gasteiger partial charge is 0.0722 e. The molecule has 4 heterocycles. The van der Waals surface area contributed by atoms with Crippen LogP contribution in [0, 0.1) is 0 Å². The average molecular weight is 511 g/mol. The predicted octanol–water partition coefficient (Wildman–Crippen LogP) is 8.98. The van der Waals surface area contributed by atoms with E-state index in [1.54, 1.807) is 0 Å². The Hall–Kier alpha value is -5.48. The molecular weight excluding hydrogens is 488 g/mol.